The molecule has 0 aliphatic heterocycles. The average Bonchev–Trinajstić information content (AvgIpc) is 2.96. The van der Waals surface area contributed by atoms with E-state index in [1.807, 2.05) is 6.07 Å². The minimum absolute atomic E-state index is 0.637. The molecule has 1 aliphatic carbocycles. The molecule has 0 aromatic heterocycles. The third-order valence-electron chi connectivity index (χ3n) is 3.95. The molecule has 0 heterocycles. The van der Waals surface area contributed by atoms with Crippen LogP contribution in [0, 0.1) is 0 Å². The number of rotatable bonds is 9. The molecule has 3 heteroatoms. The SMILES string of the molecule is CCCCOc1c(C=O)cc2c(c1OCCCC)CCC2. The van der Waals surface area contributed by atoms with Crippen LogP contribution in [-0.4, -0.2) is 19.5 Å². The normalized spacial score (nSPS) is 13.0. The van der Waals surface area contributed by atoms with Crippen LogP contribution < -0.4 is 9.47 Å². The molecule has 0 saturated heterocycles. The number of aryl methyl sites for hydroxylation is 1. The molecule has 0 fully saturated rings. The molecule has 116 valence electrons. The second kappa shape index (κ2) is 8.06. The number of unbranched alkanes of at least 4 members (excludes halogenated alkanes) is 2. The Hall–Kier alpha value is -1.51. The van der Waals surface area contributed by atoms with E-state index in [9.17, 15) is 4.79 Å². The summed E-state index contributed by atoms with van der Waals surface area (Å²) in [6.45, 7) is 5.61. The highest BCUT2D eigenvalue weighted by molar-refractivity contribution is 5.83. The number of fused-ring (bicyclic) bond motifs is 1. The van der Waals surface area contributed by atoms with Gasteiger partial charge in [-0.25, -0.2) is 0 Å². The Labute approximate surface area is 127 Å². The maximum absolute atomic E-state index is 11.4. The van der Waals surface area contributed by atoms with E-state index in [2.05, 4.69) is 13.8 Å². The van der Waals surface area contributed by atoms with Gasteiger partial charge in [0.25, 0.3) is 0 Å². The molecule has 2 rings (SSSR count). The Kier molecular flexibility index (Phi) is 6.09. The van der Waals surface area contributed by atoms with Crippen molar-refractivity contribution >= 4 is 6.29 Å². The Bertz CT molecular complexity index is 480. The number of hydrogen-bond acceptors (Lipinski definition) is 3. The molecule has 0 spiro atoms. The Balaban J connectivity index is 2.30. The maximum Gasteiger partial charge on any atom is 0.171 e. The quantitative estimate of drug-likeness (QED) is 0.501. The fraction of sp³-hybridized carbons (Fsp3) is 0.611. The highest BCUT2D eigenvalue weighted by Gasteiger charge is 2.23. The van der Waals surface area contributed by atoms with Gasteiger partial charge in [-0.05, 0) is 43.7 Å². The molecule has 0 bridgehead atoms. The van der Waals surface area contributed by atoms with Crippen molar-refractivity contribution in [3.63, 3.8) is 0 Å². The van der Waals surface area contributed by atoms with E-state index >= 15 is 0 Å². The molecule has 3 nitrogen and oxygen atoms in total. The number of benzene rings is 1. The number of carbonyl (C=O) groups is 1. The topological polar surface area (TPSA) is 35.5 Å². The summed E-state index contributed by atoms with van der Waals surface area (Å²) in [6.07, 6.45) is 8.28. The third-order valence-corrected chi connectivity index (χ3v) is 3.95. The van der Waals surface area contributed by atoms with Crippen molar-refractivity contribution < 1.29 is 14.3 Å². The lowest BCUT2D eigenvalue weighted by atomic mass is 10.0. The first kappa shape index (κ1) is 15.9. The van der Waals surface area contributed by atoms with Crippen LogP contribution in [0.5, 0.6) is 11.5 Å². The minimum atomic E-state index is 0.637. The van der Waals surface area contributed by atoms with Gasteiger partial charge < -0.3 is 9.47 Å². The van der Waals surface area contributed by atoms with Crippen molar-refractivity contribution in [2.24, 2.45) is 0 Å². The predicted octanol–water partition coefficient (Wildman–Crippen LogP) is 4.35. The van der Waals surface area contributed by atoms with Crippen LogP contribution in [0.4, 0.5) is 0 Å². The van der Waals surface area contributed by atoms with Gasteiger partial charge in [0.2, 0.25) is 0 Å². The van der Waals surface area contributed by atoms with Crippen molar-refractivity contribution in [2.45, 2.75) is 58.8 Å². The summed E-state index contributed by atoms with van der Waals surface area (Å²) in [5.41, 5.74) is 3.15. The smallest absolute Gasteiger partial charge is 0.171 e. The second-order valence-electron chi connectivity index (χ2n) is 5.64. The second-order valence-corrected chi connectivity index (χ2v) is 5.64. The van der Waals surface area contributed by atoms with E-state index in [4.69, 9.17) is 9.47 Å². The fourth-order valence-corrected chi connectivity index (χ4v) is 2.73. The van der Waals surface area contributed by atoms with Crippen molar-refractivity contribution in [1.82, 2.24) is 0 Å². The zero-order valence-electron chi connectivity index (χ0n) is 13.2. The summed E-state index contributed by atoms with van der Waals surface area (Å²) in [5, 5.41) is 0. The molecule has 1 aliphatic rings. The van der Waals surface area contributed by atoms with Gasteiger partial charge in [0, 0.05) is 5.56 Å². The lowest BCUT2D eigenvalue weighted by Crippen LogP contribution is -2.07. The minimum Gasteiger partial charge on any atom is -0.489 e. The van der Waals surface area contributed by atoms with Crippen LogP contribution in [0.15, 0.2) is 6.07 Å². The molecular formula is C18H26O3. The van der Waals surface area contributed by atoms with Crippen LogP contribution in [0.3, 0.4) is 0 Å². The average molecular weight is 290 g/mol. The van der Waals surface area contributed by atoms with E-state index in [0.717, 1.165) is 57.0 Å². The predicted molar refractivity (Wildman–Crippen MR) is 84.7 cm³/mol. The Morgan fingerprint density at radius 1 is 1.05 bits per heavy atom. The lowest BCUT2D eigenvalue weighted by Gasteiger charge is -2.18. The molecule has 0 atom stereocenters. The molecule has 0 saturated carbocycles. The number of carbonyl (C=O) groups excluding carboxylic acids is 1. The maximum atomic E-state index is 11.4. The molecule has 0 amide bonds. The van der Waals surface area contributed by atoms with Crippen LogP contribution in [0.25, 0.3) is 0 Å². The highest BCUT2D eigenvalue weighted by Crippen LogP contribution is 2.41. The van der Waals surface area contributed by atoms with E-state index in [-0.39, 0.29) is 0 Å². The van der Waals surface area contributed by atoms with Crippen molar-refractivity contribution in [1.29, 1.82) is 0 Å². The van der Waals surface area contributed by atoms with Crippen LogP contribution >= 0.6 is 0 Å². The summed E-state index contributed by atoms with van der Waals surface area (Å²) >= 11 is 0. The van der Waals surface area contributed by atoms with Gasteiger partial charge in [-0.2, -0.15) is 0 Å². The zero-order valence-corrected chi connectivity index (χ0v) is 13.2. The highest BCUT2D eigenvalue weighted by atomic mass is 16.5. The molecule has 21 heavy (non-hydrogen) atoms. The van der Waals surface area contributed by atoms with E-state index in [1.165, 1.54) is 11.1 Å². The van der Waals surface area contributed by atoms with Crippen molar-refractivity contribution in [3.05, 3.63) is 22.8 Å². The number of ether oxygens (including phenoxy) is 2. The molecule has 0 radical (unpaired) electrons. The van der Waals surface area contributed by atoms with E-state index < -0.39 is 0 Å². The van der Waals surface area contributed by atoms with E-state index in [0.29, 0.717) is 24.5 Å². The van der Waals surface area contributed by atoms with Gasteiger partial charge in [-0.15, -0.1) is 0 Å². The van der Waals surface area contributed by atoms with Crippen LogP contribution in [-0.2, 0) is 12.8 Å². The summed E-state index contributed by atoms with van der Waals surface area (Å²) in [6, 6.07) is 1.99. The van der Waals surface area contributed by atoms with E-state index in [1.54, 1.807) is 0 Å². The Morgan fingerprint density at radius 2 is 1.71 bits per heavy atom. The molecular weight excluding hydrogens is 264 g/mol. The van der Waals surface area contributed by atoms with Gasteiger partial charge in [0.15, 0.2) is 17.8 Å². The van der Waals surface area contributed by atoms with Crippen molar-refractivity contribution in [2.75, 3.05) is 13.2 Å². The zero-order chi connectivity index (χ0) is 15.1. The molecule has 1 aromatic carbocycles. The van der Waals surface area contributed by atoms with Gasteiger partial charge in [-0.3, -0.25) is 4.79 Å². The summed E-state index contributed by atoms with van der Waals surface area (Å²) < 4.78 is 11.9. The van der Waals surface area contributed by atoms with Gasteiger partial charge in [0.1, 0.15) is 0 Å². The number of hydrogen-bond donors (Lipinski definition) is 0. The summed E-state index contributed by atoms with van der Waals surface area (Å²) in [5.74, 6) is 1.49. The van der Waals surface area contributed by atoms with Gasteiger partial charge in [0.05, 0.1) is 18.8 Å². The first-order chi connectivity index (χ1) is 10.3. The summed E-state index contributed by atoms with van der Waals surface area (Å²) in [7, 11) is 0. The van der Waals surface area contributed by atoms with Crippen molar-refractivity contribution in [3.8, 4) is 11.5 Å². The molecule has 1 aromatic rings. The van der Waals surface area contributed by atoms with Gasteiger partial charge >= 0.3 is 0 Å². The largest absolute Gasteiger partial charge is 0.489 e. The molecule has 0 unspecified atom stereocenters. The fourth-order valence-electron chi connectivity index (χ4n) is 2.73. The Morgan fingerprint density at radius 3 is 2.33 bits per heavy atom. The molecule has 0 N–H and O–H groups in total. The standard InChI is InChI=1S/C18H26O3/c1-3-5-10-20-17-15(13-19)12-14-8-7-9-16(14)18(17)21-11-6-4-2/h12-13H,3-11H2,1-2H3. The first-order valence-electron chi connectivity index (χ1n) is 8.21. The lowest BCUT2D eigenvalue weighted by molar-refractivity contribution is 0.111. The number of aldehydes is 1. The van der Waals surface area contributed by atoms with Gasteiger partial charge in [-0.1, -0.05) is 26.7 Å². The van der Waals surface area contributed by atoms with Crippen LogP contribution in [0.1, 0.15) is 67.4 Å². The third kappa shape index (κ3) is 3.78. The van der Waals surface area contributed by atoms with Crippen LogP contribution in [0.2, 0.25) is 0 Å². The monoisotopic (exact) mass is 290 g/mol. The first-order valence-corrected chi connectivity index (χ1v) is 8.21. The summed E-state index contributed by atoms with van der Waals surface area (Å²) in [4.78, 5) is 11.4.